The summed E-state index contributed by atoms with van der Waals surface area (Å²) in [6.45, 7) is 0.780. The average molecular weight is 533 g/mol. The Morgan fingerprint density at radius 1 is 0.861 bits per heavy atom. The minimum Gasteiger partial charge on any atom is -0.352 e. The molecule has 5 rings (SSSR count). The summed E-state index contributed by atoms with van der Waals surface area (Å²) >= 11 is 13.9. The third-order valence-electron chi connectivity index (χ3n) is 5.99. The Bertz CT molecular complexity index is 1440. The van der Waals surface area contributed by atoms with Crippen LogP contribution in [0.2, 0.25) is 10.0 Å². The molecule has 0 atom stereocenters. The quantitative estimate of drug-likeness (QED) is 0.284. The molecule has 4 aromatic rings. The topological polar surface area (TPSA) is 49.4 Å². The minimum absolute atomic E-state index is 0.128. The zero-order chi connectivity index (χ0) is 25.1. The zero-order valence-electron chi connectivity index (χ0n) is 19.2. The number of fused-ring (bicyclic) bond motifs is 2. The van der Waals surface area contributed by atoms with Crippen molar-refractivity contribution in [3.05, 3.63) is 123 Å². The maximum absolute atomic E-state index is 13.7. The highest BCUT2D eigenvalue weighted by molar-refractivity contribution is 7.99. The average Bonchev–Trinajstić information content (AvgIpc) is 3.00. The number of carbonyl (C=O) groups excluding carboxylic acids is 2. The predicted molar refractivity (Wildman–Crippen MR) is 146 cm³/mol. The van der Waals surface area contributed by atoms with Gasteiger partial charge in [0, 0.05) is 31.9 Å². The molecule has 1 N–H and O–H groups in total. The summed E-state index contributed by atoms with van der Waals surface area (Å²) in [5, 5.41) is 4.26. The van der Waals surface area contributed by atoms with Gasteiger partial charge in [-0.25, -0.2) is 0 Å². The first kappa shape index (κ1) is 24.4. The van der Waals surface area contributed by atoms with Gasteiger partial charge in [0.15, 0.2) is 0 Å². The highest BCUT2D eigenvalue weighted by Crippen LogP contribution is 2.42. The summed E-state index contributed by atoms with van der Waals surface area (Å²) in [5.74, 6) is -0.319. The van der Waals surface area contributed by atoms with Crippen molar-refractivity contribution in [2.45, 2.75) is 22.8 Å². The van der Waals surface area contributed by atoms with Crippen molar-refractivity contribution in [3.8, 4) is 0 Å². The second kappa shape index (κ2) is 10.8. The molecule has 4 nitrogen and oxygen atoms in total. The highest BCUT2D eigenvalue weighted by Gasteiger charge is 2.28. The number of carbonyl (C=O) groups is 2. The van der Waals surface area contributed by atoms with Crippen LogP contribution >= 0.6 is 35.0 Å². The number of anilines is 1. The van der Waals surface area contributed by atoms with Crippen LogP contribution in [-0.2, 0) is 13.0 Å². The van der Waals surface area contributed by atoms with Crippen molar-refractivity contribution in [3.63, 3.8) is 0 Å². The van der Waals surface area contributed by atoms with Gasteiger partial charge in [-0.1, -0.05) is 77.4 Å². The molecule has 0 unspecified atom stereocenters. The van der Waals surface area contributed by atoms with E-state index in [0.717, 1.165) is 20.9 Å². The molecule has 1 aliphatic heterocycles. The van der Waals surface area contributed by atoms with Crippen LogP contribution in [0.5, 0.6) is 0 Å². The van der Waals surface area contributed by atoms with Crippen LogP contribution in [0.15, 0.2) is 101 Å². The predicted octanol–water partition coefficient (Wildman–Crippen LogP) is 7.28. The molecular weight excluding hydrogens is 511 g/mol. The molecule has 0 aromatic heterocycles. The van der Waals surface area contributed by atoms with Gasteiger partial charge >= 0.3 is 0 Å². The summed E-state index contributed by atoms with van der Waals surface area (Å²) in [6, 6.07) is 28.1. The molecule has 1 aliphatic rings. The van der Waals surface area contributed by atoms with E-state index in [1.807, 2.05) is 78.9 Å². The van der Waals surface area contributed by atoms with Crippen molar-refractivity contribution < 1.29 is 9.59 Å². The van der Waals surface area contributed by atoms with E-state index in [2.05, 4.69) is 5.32 Å². The van der Waals surface area contributed by atoms with E-state index < -0.39 is 0 Å². The number of hydrogen-bond donors (Lipinski definition) is 1. The van der Waals surface area contributed by atoms with Crippen LogP contribution < -0.4 is 10.2 Å². The van der Waals surface area contributed by atoms with E-state index in [4.69, 9.17) is 23.2 Å². The number of rotatable bonds is 6. The Morgan fingerprint density at radius 3 is 2.42 bits per heavy atom. The van der Waals surface area contributed by atoms with Gasteiger partial charge in [-0.3, -0.25) is 9.59 Å². The van der Waals surface area contributed by atoms with Gasteiger partial charge in [-0.05, 0) is 66.1 Å². The Balaban J connectivity index is 1.43. The van der Waals surface area contributed by atoms with Crippen LogP contribution in [0.25, 0.3) is 0 Å². The van der Waals surface area contributed by atoms with Crippen LogP contribution in [0.4, 0.5) is 5.69 Å². The fourth-order valence-corrected chi connectivity index (χ4v) is 5.47. The number of amides is 2. The third kappa shape index (κ3) is 5.29. The zero-order valence-corrected chi connectivity index (χ0v) is 21.5. The molecule has 7 heteroatoms. The Kier molecular flexibility index (Phi) is 7.33. The molecular formula is C29H22Cl2N2O2S. The van der Waals surface area contributed by atoms with Crippen LogP contribution in [0.1, 0.15) is 31.8 Å². The van der Waals surface area contributed by atoms with Gasteiger partial charge in [0.25, 0.3) is 11.8 Å². The summed E-state index contributed by atoms with van der Waals surface area (Å²) < 4.78 is 0. The smallest absolute Gasteiger partial charge is 0.259 e. The molecule has 180 valence electrons. The maximum Gasteiger partial charge on any atom is 0.259 e. The normalized spacial score (nSPS) is 12.5. The molecule has 0 fully saturated rings. The van der Waals surface area contributed by atoms with Gasteiger partial charge in [0.05, 0.1) is 17.8 Å². The number of benzene rings is 4. The van der Waals surface area contributed by atoms with Crippen LogP contribution in [0.3, 0.4) is 0 Å². The molecule has 0 saturated carbocycles. The number of nitrogens with zero attached hydrogens (tertiary/aromatic N) is 1. The van der Waals surface area contributed by atoms with Gasteiger partial charge in [-0.2, -0.15) is 0 Å². The molecule has 36 heavy (non-hydrogen) atoms. The molecule has 2 amide bonds. The van der Waals surface area contributed by atoms with E-state index in [1.54, 1.807) is 17.0 Å². The van der Waals surface area contributed by atoms with Crippen molar-refractivity contribution >= 4 is 52.5 Å². The van der Waals surface area contributed by atoms with Crippen LogP contribution in [-0.4, -0.2) is 18.4 Å². The van der Waals surface area contributed by atoms with E-state index in [0.29, 0.717) is 46.4 Å². The third-order valence-corrected chi connectivity index (χ3v) is 7.75. The van der Waals surface area contributed by atoms with E-state index >= 15 is 0 Å². The number of nitrogens with one attached hydrogen (secondary N) is 1. The van der Waals surface area contributed by atoms with Crippen molar-refractivity contribution in [2.24, 2.45) is 0 Å². The monoisotopic (exact) mass is 532 g/mol. The largest absolute Gasteiger partial charge is 0.352 e. The molecule has 4 aromatic carbocycles. The summed E-state index contributed by atoms with van der Waals surface area (Å²) in [4.78, 5) is 30.2. The first-order valence-electron chi connectivity index (χ1n) is 11.5. The summed E-state index contributed by atoms with van der Waals surface area (Å²) in [7, 11) is 0. The standard InChI is InChI=1S/C29H22Cl2N2O2S/c30-22-12-9-19(10-13-22)15-16-32-28(34)20-11-14-27-25(17-20)33(18-21-5-1-3-7-24(21)31)29(35)23-6-2-4-8-26(23)36-27/h1-14,17H,15-16,18H2,(H,32,34). The van der Waals surface area contributed by atoms with E-state index in [-0.39, 0.29) is 11.8 Å². The SMILES string of the molecule is O=C(NCCc1ccc(Cl)cc1)c1ccc2c(c1)N(Cc1ccccc1Cl)C(=O)c1ccccc1S2. The van der Waals surface area contributed by atoms with Crippen molar-refractivity contribution in [1.29, 1.82) is 0 Å². The van der Waals surface area contributed by atoms with Gasteiger partial charge in [-0.15, -0.1) is 0 Å². The van der Waals surface area contributed by atoms with Crippen molar-refractivity contribution in [2.75, 3.05) is 11.4 Å². The summed E-state index contributed by atoms with van der Waals surface area (Å²) in [5.41, 5.74) is 3.73. The molecule has 1 heterocycles. The lowest BCUT2D eigenvalue weighted by Crippen LogP contribution is -2.31. The number of hydrogen-bond acceptors (Lipinski definition) is 3. The second-order valence-corrected chi connectivity index (χ2v) is 10.3. The van der Waals surface area contributed by atoms with E-state index in [9.17, 15) is 9.59 Å². The Hall–Kier alpha value is -3.25. The maximum atomic E-state index is 13.7. The minimum atomic E-state index is -0.191. The van der Waals surface area contributed by atoms with Crippen molar-refractivity contribution in [1.82, 2.24) is 5.32 Å². The lowest BCUT2D eigenvalue weighted by Gasteiger charge is -2.24. The molecule has 0 bridgehead atoms. The Labute approximate surface area is 224 Å². The van der Waals surface area contributed by atoms with Gasteiger partial charge in [0.1, 0.15) is 0 Å². The van der Waals surface area contributed by atoms with Crippen LogP contribution in [0, 0.1) is 0 Å². The first-order valence-corrected chi connectivity index (χ1v) is 13.1. The van der Waals surface area contributed by atoms with Gasteiger partial charge < -0.3 is 10.2 Å². The summed E-state index contributed by atoms with van der Waals surface area (Å²) in [6.07, 6.45) is 0.691. The lowest BCUT2D eigenvalue weighted by atomic mass is 10.1. The second-order valence-electron chi connectivity index (χ2n) is 8.40. The lowest BCUT2D eigenvalue weighted by molar-refractivity contribution is 0.0950. The molecule has 0 aliphatic carbocycles. The van der Waals surface area contributed by atoms with Gasteiger partial charge in [0.2, 0.25) is 0 Å². The Morgan fingerprint density at radius 2 is 1.61 bits per heavy atom. The molecule has 0 spiro atoms. The molecule has 0 saturated heterocycles. The highest BCUT2D eigenvalue weighted by atomic mass is 35.5. The molecule has 0 radical (unpaired) electrons. The first-order chi connectivity index (χ1) is 17.5. The fourth-order valence-electron chi connectivity index (χ4n) is 4.09. The van der Waals surface area contributed by atoms with E-state index in [1.165, 1.54) is 11.8 Å². The fraction of sp³-hybridized carbons (Fsp3) is 0.103. The number of halogens is 2.